The first-order valence-electron chi connectivity index (χ1n) is 29.2. The second-order valence-electron chi connectivity index (χ2n) is 22.6. The number of benzene rings is 7. The topological polar surface area (TPSA) is 36.9 Å². The van der Waals surface area contributed by atoms with Gasteiger partial charge in [0.2, 0.25) is 0 Å². The van der Waals surface area contributed by atoms with Gasteiger partial charge in [0.15, 0.2) is 0 Å². The predicted octanol–water partition coefficient (Wildman–Crippen LogP) is 17.3. The van der Waals surface area contributed by atoms with E-state index in [1.54, 1.807) is 18.2 Å². The molecule has 7 aromatic carbocycles. The Labute approximate surface area is 444 Å². The monoisotopic (exact) mass is 1120 g/mol. The van der Waals surface area contributed by atoms with Crippen LogP contribution in [0, 0.1) is 9.22 Å². The van der Waals surface area contributed by atoms with E-state index in [-0.39, 0.29) is 55.0 Å². The van der Waals surface area contributed by atoms with Gasteiger partial charge in [-0.05, 0) is 44.4 Å². The summed E-state index contributed by atoms with van der Waals surface area (Å²) in [6.45, 7) is 27.3. The van der Waals surface area contributed by atoms with E-state index in [1.807, 2.05) is 47.2 Å². The number of ether oxygens (including phenoxy) is 1. The zero-order chi connectivity index (χ0) is 58.7. The van der Waals surface area contributed by atoms with Crippen molar-refractivity contribution >= 4 is 32.8 Å². The number of para-hydroxylation sites is 3. The maximum absolute atomic E-state index is 9.20. The Hall–Kier alpha value is -6.55. The summed E-state index contributed by atoms with van der Waals surface area (Å²) in [7, 11) is 0. The van der Waals surface area contributed by atoms with Crippen LogP contribution in [0.2, 0.25) is 0 Å². The average Bonchev–Trinajstić information content (AvgIpc) is 3.92. The Bertz CT molecular complexity index is 4270. The van der Waals surface area contributed by atoms with Gasteiger partial charge in [-0.2, -0.15) is 0 Å². The van der Waals surface area contributed by atoms with Gasteiger partial charge in [-0.25, -0.2) is 0 Å². The van der Waals surface area contributed by atoms with Gasteiger partial charge in [0, 0.05) is 6.20 Å². The van der Waals surface area contributed by atoms with Crippen LogP contribution in [0.4, 0.5) is 0 Å². The number of fused-ring (bicyclic) bond motifs is 5. The molecule has 0 radical (unpaired) electrons. The zero-order valence-corrected chi connectivity index (χ0v) is 44.7. The molecule has 5 nitrogen and oxygen atoms in total. The molecule has 0 saturated carbocycles. The second kappa shape index (κ2) is 16.5. The fourth-order valence-electron chi connectivity index (χ4n) is 10.7. The Balaban J connectivity index is 1.15. The Kier molecular flexibility index (Phi) is 8.46. The van der Waals surface area contributed by atoms with Gasteiger partial charge >= 0.3 is 333 Å². The first-order valence-corrected chi connectivity index (χ1v) is 25.3. The summed E-state index contributed by atoms with van der Waals surface area (Å²) >= 11 is 2.22. The number of nitrogens with zero attached hydrogens (tertiary/aromatic N) is 4. The molecule has 71 heavy (non-hydrogen) atoms. The van der Waals surface area contributed by atoms with Gasteiger partial charge in [-0.1, -0.05) is 62.3 Å². The molecule has 0 unspecified atom stereocenters. The third-order valence-corrected chi connectivity index (χ3v) is 17.0. The van der Waals surface area contributed by atoms with Crippen molar-refractivity contribution in [2.45, 2.75) is 105 Å². The Morgan fingerprint density at radius 2 is 1.10 bits per heavy atom. The van der Waals surface area contributed by atoms with Crippen molar-refractivity contribution in [2.75, 3.05) is 0 Å². The molecular weight excluding hydrogens is 1050 g/mol. The number of hydrogen-bond acceptors (Lipinski definition) is 2. The molecule has 3 heterocycles. The van der Waals surface area contributed by atoms with Crippen LogP contribution < -0.4 is 4.74 Å². The molecule has 3 aromatic heterocycles. The van der Waals surface area contributed by atoms with Crippen LogP contribution >= 0.6 is 0 Å². The molecule has 0 bridgehead atoms. The van der Waals surface area contributed by atoms with Crippen molar-refractivity contribution < 1.29 is 37.8 Å². The van der Waals surface area contributed by atoms with E-state index in [9.17, 15) is 5.48 Å². The van der Waals surface area contributed by atoms with Crippen LogP contribution in [0.3, 0.4) is 0 Å². The normalized spacial score (nSPS) is 17.2. The fourth-order valence-corrected chi connectivity index (χ4v) is 11.8. The molecule has 11 rings (SSSR count). The fraction of sp³-hybridized carbons (Fsp3) is 0.262. The van der Waals surface area contributed by atoms with Crippen molar-refractivity contribution in [3.63, 3.8) is 0 Å². The van der Waals surface area contributed by atoms with Crippen LogP contribution in [-0.2, 0) is 41.0 Å². The number of imidazole rings is 1. The van der Waals surface area contributed by atoms with E-state index in [4.69, 9.17) is 17.9 Å². The van der Waals surface area contributed by atoms with Gasteiger partial charge < -0.3 is 0 Å². The molecule has 6 heteroatoms. The van der Waals surface area contributed by atoms with Gasteiger partial charge in [0.25, 0.3) is 0 Å². The summed E-state index contributed by atoms with van der Waals surface area (Å²) in [6.07, 6.45) is 1.90. The van der Waals surface area contributed by atoms with Crippen LogP contribution in [0.25, 0.3) is 72.3 Å². The van der Waals surface area contributed by atoms with Crippen LogP contribution in [-0.4, -0.2) is 18.7 Å². The van der Waals surface area contributed by atoms with E-state index in [0.29, 0.717) is 20.8 Å². The molecule has 0 atom stereocenters. The van der Waals surface area contributed by atoms with E-state index < -0.39 is 60.4 Å². The minimum absolute atomic E-state index is 0.0331. The van der Waals surface area contributed by atoms with Gasteiger partial charge in [-0.15, -0.1) is 0 Å². The summed E-state index contributed by atoms with van der Waals surface area (Å²) in [6, 6.07) is 29.1. The molecule has 1 aliphatic rings. The van der Waals surface area contributed by atoms with Gasteiger partial charge in [-0.3, -0.25) is 0 Å². The van der Waals surface area contributed by atoms with E-state index >= 15 is 0 Å². The zero-order valence-electron chi connectivity index (χ0n) is 52.4. The number of rotatable bonds is 7. The van der Waals surface area contributed by atoms with E-state index in [1.165, 1.54) is 16.7 Å². The molecule has 0 fully saturated rings. The molecule has 0 N–H and O–H groups in total. The quantitative estimate of drug-likeness (QED) is 0.159. The van der Waals surface area contributed by atoms with Crippen molar-refractivity contribution in [2.24, 2.45) is 5.41 Å². The van der Waals surface area contributed by atoms with Crippen LogP contribution in [0.5, 0.6) is 11.5 Å². The molecule has 0 aliphatic heterocycles. The van der Waals surface area contributed by atoms with Crippen molar-refractivity contribution in [1.82, 2.24) is 18.7 Å². The van der Waals surface area contributed by atoms with Gasteiger partial charge in [0.05, 0.1) is 0 Å². The minimum atomic E-state index is -0.557. The summed E-state index contributed by atoms with van der Waals surface area (Å²) in [5, 5.41) is 2.22. The van der Waals surface area contributed by atoms with Crippen molar-refractivity contribution in [1.29, 1.82) is 0 Å². The molecule has 360 valence electrons. The summed E-state index contributed by atoms with van der Waals surface area (Å²) < 4.78 is 103. The SMILES string of the molecule is [2H]c1c([2H])c([2H])c(-c2cccc(-c3c([2H])c([2H])c([2H])c([2H])c3[2H])c2-n2[c](=[Pt])n(-c3cc(Oc4ccc5c6cc7c(cc6n(-c6cc(C(C)(C)C)ccn6)c5c4)C(C)(C)C(C)(C)C7(C)C)cc(C(C)(C)C)c3)c3ccccc32)c([2H])c1[2H]. The molecule has 10 aromatic rings. The Morgan fingerprint density at radius 3 is 1.70 bits per heavy atom. The third kappa shape index (κ3) is 7.44. The average molecular weight is 1120 g/mol. The number of aromatic nitrogens is 4. The van der Waals surface area contributed by atoms with Crippen LogP contribution in [0.15, 0.2) is 170 Å². The molecular formula is C65H64N4OPt. The van der Waals surface area contributed by atoms with Crippen molar-refractivity contribution in [3.05, 3.63) is 196 Å². The number of pyridine rings is 1. The standard InChI is InChI=1S/C65H64N4O.Pt/c1-61(2,3)44-32-33-66-59(36-44)69-57-38-47(30-31-51(57)52-39-53-54(40-58(52)69)64(9,10)65(11,12)63(53,7)8)70-48-35-45(62(4,5)6)34-46(37-48)67-41-68(56-29-20-19-28-55(56)67)60-49(42-22-15-13-16-23-42)26-21-27-50(60)43-24-17-14-18-25-43;/h13-40H,1-12H3;/i13D,14D,15D,16D,17D,18D,22D,23D,24D,25D;. The number of hydrogen-bond donors (Lipinski definition) is 0. The van der Waals surface area contributed by atoms with E-state index in [0.717, 1.165) is 44.4 Å². The molecule has 0 spiro atoms. The van der Waals surface area contributed by atoms with Crippen LogP contribution in [0.1, 0.15) is 119 Å². The van der Waals surface area contributed by atoms with Crippen molar-refractivity contribution in [3.8, 4) is 50.9 Å². The first kappa shape index (κ1) is 36.4. The van der Waals surface area contributed by atoms with E-state index in [2.05, 4.69) is 160 Å². The first-order chi connectivity index (χ1) is 37.8. The summed E-state index contributed by atoms with van der Waals surface area (Å²) in [4.78, 5) is 5.05. The summed E-state index contributed by atoms with van der Waals surface area (Å²) in [5.41, 5.74) is 8.58. The summed E-state index contributed by atoms with van der Waals surface area (Å²) in [5.74, 6) is 2.00. The molecule has 1 aliphatic carbocycles. The Morgan fingerprint density at radius 1 is 0.521 bits per heavy atom. The second-order valence-corrected chi connectivity index (χ2v) is 23.6. The predicted molar refractivity (Wildman–Crippen MR) is 293 cm³/mol. The maximum atomic E-state index is 9.20. The molecule has 0 saturated heterocycles. The molecule has 0 amide bonds. The third-order valence-electron chi connectivity index (χ3n) is 15.9. The van der Waals surface area contributed by atoms with Gasteiger partial charge in [0.1, 0.15) is 0 Å².